The van der Waals surface area contributed by atoms with Crippen molar-refractivity contribution in [2.24, 2.45) is 0 Å². The quantitative estimate of drug-likeness (QED) is 0.754. The lowest BCUT2D eigenvalue weighted by atomic mass is 10.1. The third kappa shape index (κ3) is 8.87. The van der Waals surface area contributed by atoms with Crippen LogP contribution in [-0.2, 0) is 6.54 Å². The maximum Gasteiger partial charge on any atom is 0.123 e. The van der Waals surface area contributed by atoms with E-state index >= 15 is 0 Å². The van der Waals surface area contributed by atoms with Crippen molar-refractivity contribution in [2.75, 3.05) is 6.54 Å². The molecule has 0 saturated heterocycles. The van der Waals surface area contributed by atoms with Crippen molar-refractivity contribution < 1.29 is 4.39 Å². The van der Waals surface area contributed by atoms with E-state index in [0.717, 1.165) is 25.1 Å². The third-order valence-electron chi connectivity index (χ3n) is 2.05. The summed E-state index contributed by atoms with van der Waals surface area (Å²) in [5, 5.41) is 3.29. The summed E-state index contributed by atoms with van der Waals surface area (Å²) in [4.78, 5) is 0. The zero-order valence-electron chi connectivity index (χ0n) is 12.2. The molecule has 0 amide bonds. The van der Waals surface area contributed by atoms with Crippen LogP contribution in [0.2, 0.25) is 0 Å². The number of hydrogen-bond acceptors (Lipinski definition) is 1. The molecule has 0 atom stereocenters. The van der Waals surface area contributed by atoms with Crippen LogP contribution < -0.4 is 5.32 Å². The first-order chi connectivity index (χ1) is 8.24. The van der Waals surface area contributed by atoms with Gasteiger partial charge in [0.1, 0.15) is 5.82 Å². The molecule has 0 bridgehead atoms. The molecule has 0 fully saturated rings. The average molecular weight is 241 g/mol. The average Bonchev–Trinajstić information content (AvgIpc) is 2.37. The first kappa shape index (κ1) is 18.5. The zero-order valence-corrected chi connectivity index (χ0v) is 12.2. The Balaban J connectivity index is 0. The van der Waals surface area contributed by atoms with Crippen LogP contribution in [0.3, 0.4) is 0 Å². The standard InChI is InChI=1S/C11H16FN.2C2H6/c1-3-6-13-8-10-4-5-11(12)7-9(10)2;2*1-2/h4-5,7,13H,3,6,8H2,1-2H3;2*1-2H3. The van der Waals surface area contributed by atoms with Gasteiger partial charge in [0, 0.05) is 6.54 Å². The number of benzene rings is 1. The number of nitrogens with one attached hydrogen (secondary N) is 1. The normalized spacial score (nSPS) is 8.65. The molecule has 0 saturated carbocycles. The lowest BCUT2D eigenvalue weighted by Crippen LogP contribution is -2.14. The SMILES string of the molecule is CC.CC.CCCNCc1ccc(F)cc1C. The molecule has 1 rings (SSSR count). The van der Waals surface area contributed by atoms with Gasteiger partial charge in [0.2, 0.25) is 0 Å². The summed E-state index contributed by atoms with van der Waals surface area (Å²) in [6.45, 7) is 13.9. The number of aryl methyl sites for hydroxylation is 1. The number of hydrogen-bond donors (Lipinski definition) is 1. The molecule has 17 heavy (non-hydrogen) atoms. The molecule has 0 aliphatic carbocycles. The van der Waals surface area contributed by atoms with E-state index in [2.05, 4.69) is 12.2 Å². The predicted molar refractivity (Wildman–Crippen MR) is 75.8 cm³/mol. The molecular formula is C15H28FN. The van der Waals surface area contributed by atoms with Crippen molar-refractivity contribution in [2.45, 2.75) is 54.5 Å². The van der Waals surface area contributed by atoms with Gasteiger partial charge in [-0.3, -0.25) is 0 Å². The molecule has 0 radical (unpaired) electrons. The van der Waals surface area contributed by atoms with Gasteiger partial charge in [-0.15, -0.1) is 0 Å². The Morgan fingerprint density at radius 1 is 1.12 bits per heavy atom. The van der Waals surface area contributed by atoms with E-state index in [9.17, 15) is 4.39 Å². The monoisotopic (exact) mass is 241 g/mol. The number of rotatable bonds is 4. The van der Waals surface area contributed by atoms with Gasteiger partial charge in [-0.05, 0) is 43.1 Å². The van der Waals surface area contributed by atoms with Crippen LogP contribution >= 0.6 is 0 Å². The van der Waals surface area contributed by atoms with Gasteiger partial charge in [0.25, 0.3) is 0 Å². The molecule has 0 spiro atoms. The molecule has 0 aliphatic heterocycles. The van der Waals surface area contributed by atoms with Gasteiger partial charge >= 0.3 is 0 Å². The Labute approximate surface area is 106 Å². The summed E-state index contributed by atoms with van der Waals surface area (Å²) in [5.41, 5.74) is 2.19. The molecule has 1 aromatic carbocycles. The van der Waals surface area contributed by atoms with Crippen LogP contribution in [-0.4, -0.2) is 6.54 Å². The molecule has 0 aliphatic rings. The fraction of sp³-hybridized carbons (Fsp3) is 0.600. The maximum atomic E-state index is 12.7. The second-order valence-electron chi connectivity index (χ2n) is 3.25. The molecule has 1 aromatic rings. The lowest BCUT2D eigenvalue weighted by Gasteiger charge is -2.06. The second kappa shape index (κ2) is 13.2. The van der Waals surface area contributed by atoms with Crippen molar-refractivity contribution in [3.05, 3.63) is 35.1 Å². The summed E-state index contributed by atoms with van der Waals surface area (Å²) in [5.74, 6) is -0.156. The third-order valence-corrected chi connectivity index (χ3v) is 2.05. The Morgan fingerprint density at radius 3 is 2.18 bits per heavy atom. The van der Waals surface area contributed by atoms with Crippen molar-refractivity contribution in [3.8, 4) is 0 Å². The Hall–Kier alpha value is -0.890. The number of halogens is 1. The van der Waals surface area contributed by atoms with Gasteiger partial charge in [0.05, 0.1) is 0 Å². The van der Waals surface area contributed by atoms with Crippen molar-refractivity contribution in [1.29, 1.82) is 0 Å². The highest BCUT2D eigenvalue weighted by atomic mass is 19.1. The first-order valence-electron chi connectivity index (χ1n) is 6.69. The van der Waals surface area contributed by atoms with Gasteiger partial charge in [-0.2, -0.15) is 0 Å². The minimum atomic E-state index is -0.156. The van der Waals surface area contributed by atoms with E-state index in [1.807, 2.05) is 40.7 Å². The summed E-state index contributed by atoms with van der Waals surface area (Å²) in [6.07, 6.45) is 1.13. The molecular weight excluding hydrogens is 213 g/mol. The Kier molecular flexibility index (Phi) is 14.3. The second-order valence-corrected chi connectivity index (χ2v) is 3.25. The molecule has 2 heteroatoms. The molecule has 1 N–H and O–H groups in total. The molecule has 0 unspecified atom stereocenters. The Morgan fingerprint density at radius 2 is 1.71 bits per heavy atom. The highest BCUT2D eigenvalue weighted by Gasteiger charge is 1.98. The highest BCUT2D eigenvalue weighted by molar-refractivity contribution is 5.26. The van der Waals surface area contributed by atoms with E-state index in [1.54, 1.807) is 6.07 Å². The molecule has 100 valence electrons. The van der Waals surface area contributed by atoms with Crippen LogP contribution in [0.25, 0.3) is 0 Å². The van der Waals surface area contributed by atoms with Crippen LogP contribution in [0.15, 0.2) is 18.2 Å². The van der Waals surface area contributed by atoms with Gasteiger partial charge in [-0.25, -0.2) is 4.39 Å². The van der Waals surface area contributed by atoms with Crippen molar-refractivity contribution in [1.82, 2.24) is 5.32 Å². The van der Waals surface area contributed by atoms with E-state index in [4.69, 9.17) is 0 Å². The molecule has 0 aromatic heterocycles. The minimum absolute atomic E-state index is 0.156. The van der Waals surface area contributed by atoms with Gasteiger partial charge < -0.3 is 5.32 Å². The van der Waals surface area contributed by atoms with Gasteiger partial charge in [0.15, 0.2) is 0 Å². The van der Waals surface area contributed by atoms with Crippen LogP contribution in [0.1, 0.15) is 52.2 Å². The topological polar surface area (TPSA) is 12.0 Å². The molecule has 1 nitrogen and oxygen atoms in total. The zero-order chi connectivity index (χ0) is 13.7. The fourth-order valence-corrected chi connectivity index (χ4v) is 1.26. The predicted octanol–water partition coefficient (Wildman–Crippen LogP) is 4.69. The Bertz CT molecular complexity index is 272. The van der Waals surface area contributed by atoms with E-state index in [1.165, 1.54) is 11.6 Å². The van der Waals surface area contributed by atoms with E-state index in [-0.39, 0.29) is 5.82 Å². The molecule has 0 heterocycles. The summed E-state index contributed by atoms with van der Waals surface area (Å²) >= 11 is 0. The maximum absolute atomic E-state index is 12.7. The van der Waals surface area contributed by atoms with E-state index < -0.39 is 0 Å². The smallest absolute Gasteiger partial charge is 0.123 e. The first-order valence-corrected chi connectivity index (χ1v) is 6.69. The van der Waals surface area contributed by atoms with Gasteiger partial charge in [-0.1, -0.05) is 40.7 Å². The summed E-state index contributed by atoms with van der Waals surface area (Å²) in [7, 11) is 0. The van der Waals surface area contributed by atoms with E-state index in [0.29, 0.717) is 0 Å². The van der Waals surface area contributed by atoms with Crippen LogP contribution in [0.4, 0.5) is 4.39 Å². The lowest BCUT2D eigenvalue weighted by molar-refractivity contribution is 0.622. The summed E-state index contributed by atoms with van der Waals surface area (Å²) in [6, 6.07) is 4.92. The minimum Gasteiger partial charge on any atom is -0.313 e. The summed E-state index contributed by atoms with van der Waals surface area (Å²) < 4.78 is 12.7. The fourth-order valence-electron chi connectivity index (χ4n) is 1.26. The highest BCUT2D eigenvalue weighted by Crippen LogP contribution is 2.09. The largest absolute Gasteiger partial charge is 0.313 e. The van der Waals surface area contributed by atoms with Crippen LogP contribution in [0.5, 0.6) is 0 Å². The van der Waals surface area contributed by atoms with Crippen molar-refractivity contribution >= 4 is 0 Å². The van der Waals surface area contributed by atoms with Crippen molar-refractivity contribution in [3.63, 3.8) is 0 Å². The van der Waals surface area contributed by atoms with Crippen LogP contribution in [0, 0.1) is 12.7 Å².